The van der Waals surface area contributed by atoms with Crippen LogP contribution in [0.2, 0.25) is 0 Å². The number of aromatic nitrogens is 1. The highest BCUT2D eigenvalue weighted by Gasteiger charge is 2.28. The molecule has 164 valence electrons. The molecule has 1 aliphatic carbocycles. The number of allylic oxidation sites excluding steroid dienone is 1. The molecule has 0 unspecified atom stereocenters. The first-order valence-electron chi connectivity index (χ1n) is 10.4. The smallest absolute Gasteiger partial charge is 0.339 e. The van der Waals surface area contributed by atoms with Crippen LogP contribution in [0, 0.1) is 0 Å². The van der Waals surface area contributed by atoms with Crippen LogP contribution in [-0.2, 0) is 16.0 Å². The number of furan rings is 1. The summed E-state index contributed by atoms with van der Waals surface area (Å²) in [6.45, 7) is 1.42. The lowest BCUT2D eigenvalue weighted by atomic mass is 9.86. The Morgan fingerprint density at radius 1 is 1.16 bits per heavy atom. The monoisotopic (exact) mass is 433 g/mol. The summed E-state index contributed by atoms with van der Waals surface area (Å²) in [5.74, 6) is -0.617. The Hall–Kier alpha value is -3.94. The topological polar surface area (TPSA) is 111 Å². The van der Waals surface area contributed by atoms with Crippen molar-refractivity contribution >= 4 is 40.5 Å². The van der Waals surface area contributed by atoms with Crippen LogP contribution in [0.4, 0.5) is 4.79 Å². The number of esters is 1. The van der Waals surface area contributed by atoms with Crippen LogP contribution in [0.5, 0.6) is 0 Å². The Morgan fingerprint density at radius 3 is 2.72 bits per heavy atom. The van der Waals surface area contributed by atoms with Gasteiger partial charge in [0.05, 0.1) is 23.0 Å². The maximum Gasteiger partial charge on any atom is 0.339 e. The number of carbonyl (C=O) groups is 3. The van der Waals surface area contributed by atoms with Crippen LogP contribution in [0.25, 0.3) is 22.6 Å². The maximum atomic E-state index is 13.3. The van der Waals surface area contributed by atoms with Crippen molar-refractivity contribution in [3.05, 3.63) is 65.2 Å². The molecule has 32 heavy (non-hydrogen) atoms. The van der Waals surface area contributed by atoms with Crippen molar-refractivity contribution in [2.75, 3.05) is 7.05 Å². The summed E-state index contributed by atoms with van der Waals surface area (Å²) < 4.78 is 10.9. The molecule has 8 nitrogen and oxygen atoms in total. The number of benzene rings is 1. The minimum Gasteiger partial charge on any atom is -0.465 e. The summed E-state index contributed by atoms with van der Waals surface area (Å²) in [6, 6.07) is 10.4. The molecule has 0 radical (unpaired) electrons. The highest BCUT2D eigenvalue weighted by atomic mass is 16.5. The molecule has 0 fully saturated rings. The normalized spacial score (nSPS) is 15.1. The number of carbonyl (C=O) groups excluding carboxylic acids is 3. The molecular formula is C24H23N3O5. The predicted molar refractivity (Wildman–Crippen MR) is 119 cm³/mol. The Bertz CT molecular complexity index is 1210. The van der Waals surface area contributed by atoms with Crippen LogP contribution in [0.1, 0.15) is 47.1 Å². The van der Waals surface area contributed by atoms with Crippen LogP contribution in [0.15, 0.2) is 47.1 Å². The van der Waals surface area contributed by atoms with E-state index in [2.05, 4.69) is 10.6 Å². The predicted octanol–water partition coefficient (Wildman–Crippen LogP) is 3.71. The van der Waals surface area contributed by atoms with E-state index < -0.39 is 24.0 Å². The van der Waals surface area contributed by atoms with Crippen molar-refractivity contribution in [3.63, 3.8) is 0 Å². The van der Waals surface area contributed by atoms with Crippen LogP contribution in [0.3, 0.4) is 0 Å². The zero-order valence-electron chi connectivity index (χ0n) is 17.8. The van der Waals surface area contributed by atoms with Gasteiger partial charge >= 0.3 is 12.0 Å². The number of nitrogens with zero attached hydrogens (tertiary/aromatic N) is 1. The first-order chi connectivity index (χ1) is 15.5. The zero-order chi connectivity index (χ0) is 22.7. The zero-order valence-corrected chi connectivity index (χ0v) is 17.8. The molecule has 1 aromatic carbocycles. The minimum atomic E-state index is -1.15. The van der Waals surface area contributed by atoms with E-state index in [0.29, 0.717) is 28.6 Å². The first-order valence-corrected chi connectivity index (χ1v) is 10.4. The second kappa shape index (κ2) is 9.05. The summed E-state index contributed by atoms with van der Waals surface area (Å²) >= 11 is 0. The molecule has 0 bridgehead atoms. The number of ether oxygens (including phenoxy) is 1. The van der Waals surface area contributed by atoms with Gasteiger partial charge in [0.1, 0.15) is 5.76 Å². The average molecular weight is 433 g/mol. The molecule has 0 aliphatic heterocycles. The van der Waals surface area contributed by atoms with Gasteiger partial charge in [-0.3, -0.25) is 10.1 Å². The molecule has 1 aliphatic rings. The van der Waals surface area contributed by atoms with Crippen LogP contribution in [-0.4, -0.2) is 36.0 Å². The summed E-state index contributed by atoms with van der Waals surface area (Å²) in [5.41, 5.74) is 3.56. The molecule has 1 atom stereocenters. The number of fused-ring (bicyclic) bond motifs is 2. The number of nitrogens with one attached hydrogen (secondary N) is 2. The number of imide groups is 1. The van der Waals surface area contributed by atoms with Crippen molar-refractivity contribution < 1.29 is 23.5 Å². The number of hydrogen-bond acceptors (Lipinski definition) is 6. The van der Waals surface area contributed by atoms with E-state index in [1.165, 1.54) is 14.0 Å². The molecule has 2 heterocycles. The first kappa shape index (κ1) is 21.3. The van der Waals surface area contributed by atoms with Gasteiger partial charge in [-0.15, -0.1) is 0 Å². The molecule has 8 heteroatoms. The Kier molecular flexibility index (Phi) is 6.02. The van der Waals surface area contributed by atoms with Gasteiger partial charge < -0.3 is 14.5 Å². The fourth-order valence-corrected chi connectivity index (χ4v) is 3.80. The van der Waals surface area contributed by atoms with E-state index in [4.69, 9.17) is 14.1 Å². The number of amides is 3. The van der Waals surface area contributed by atoms with Crippen molar-refractivity contribution in [1.82, 2.24) is 15.6 Å². The third-order valence-corrected chi connectivity index (χ3v) is 5.35. The Balaban J connectivity index is 1.75. The fraction of sp³-hybridized carbons (Fsp3) is 0.250. The lowest BCUT2D eigenvalue weighted by Crippen LogP contribution is -2.43. The average Bonchev–Trinajstić information content (AvgIpc) is 3.30. The third-order valence-electron chi connectivity index (χ3n) is 5.35. The molecule has 3 aromatic rings. The Labute approximate surface area is 184 Å². The van der Waals surface area contributed by atoms with Gasteiger partial charge in [-0.2, -0.15) is 0 Å². The van der Waals surface area contributed by atoms with Gasteiger partial charge in [0.15, 0.2) is 6.10 Å². The van der Waals surface area contributed by atoms with E-state index >= 15 is 0 Å². The van der Waals surface area contributed by atoms with E-state index in [0.717, 1.165) is 29.7 Å². The summed E-state index contributed by atoms with van der Waals surface area (Å²) in [7, 11) is 1.39. The number of rotatable bonds is 4. The molecule has 2 aromatic heterocycles. The van der Waals surface area contributed by atoms with Gasteiger partial charge in [-0.25, -0.2) is 14.6 Å². The second-order valence-electron chi connectivity index (χ2n) is 7.49. The van der Waals surface area contributed by atoms with Crippen molar-refractivity contribution in [3.8, 4) is 0 Å². The summed E-state index contributed by atoms with van der Waals surface area (Å²) in [4.78, 5) is 41.7. The largest absolute Gasteiger partial charge is 0.465 e. The molecule has 4 rings (SSSR count). The molecule has 3 amide bonds. The highest BCUT2D eigenvalue weighted by molar-refractivity contribution is 6.07. The van der Waals surface area contributed by atoms with Gasteiger partial charge in [-0.05, 0) is 61.6 Å². The van der Waals surface area contributed by atoms with Crippen molar-refractivity contribution in [2.24, 2.45) is 0 Å². The highest BCUT2D eigenvalue weighted by Crippen LogP contribution is 2.36. The summed E-state index contributed by atoms with van der Waals surface area (Å²) in [5, 5.41) is 5.07. The van der Waals surface area contributed by atoms with E-state index in [9.17, 15) is 14.4 Å². The lowest BCUT2D eigenvalue weighted by molar-refractivity contribution is -0.127. The molecular weight excluding hydrogens is 410 g/mol. The number of para-hydroxylation sites is 1. The van der Waals surface area contributed by atoms with Crippen molar-refractivity contribution in [1.29, 1.82) is 0 Å². The van der Waals surface area contributed by atoms with Crippen molar-refractivity contribution in [2.45, 2.75) is 32.3 Å². The molecule has 0 spiro atoms. The standard InChI is InChI=1S/C24H23N3O5/c1-14(22(28)27-24(30)25-2)32-23(29)20-17-9-3-4-11-19(17)26-21-15(7-5-10-18(20)21)13-16-8-6-12-31-16/h3-4,6,8-9,11-14H,5,7,10H2,1-2H3,(H2,25,27,28,30)/b15-13-/t14-/m0/s1. The lowest BCUT2D eigenvalue weighted by Gasteiger charge is -2.23. The molecule has 0 saturated heterocycles. The molecule has 0 saturated carbocycles. The number of urea groups is 1. The van der Waals surface area contributed by atoms with E-state index in [-0.39, 0.29) is 0 Å². The van der Waals surface area contributed by atoms with E-state index in [1.54, 1.807) is 6.26 Å². The van der Waals surface area contributed by atoms with Gasteiger partial charge in [0, 0.05) is 12.4 Å². The fourth-order valence-electron chi connectivity index (χ4n) is 3.80. The minimum absolute atomic E-state index is 0.398. The molecule has 2 N–H and O–H groups in total. The maximum absolute atomic E-state index is 13.3. The van der Waals surface area contributed by atoms with E-state index in [1.807, 2.05) is 42.5 Å². The number of hydrogen-bond donors (Lipinski definition) is 2. The van der Waals surface area contributed by atoms with Gasteiger partial charge in [0.25, 0.3) is 5.91 Å². The quantitative estimate of drug-likeness (QED) is 0.607. The van der Waals surface area contributed by atoms with Crippen LogP contribution < -0.4 is 10.6 Å². The van der Waals surface area contributed by atoms with Gasteiger partial charge in [-0.1, -0.05) is 18.2 Å². The Morgan fingerprint density at radius 2 is 1.97 bits per heavy atom. The van der Waals surface area contributed by atoms with Gasteiger partial charge in [0.2, 0.25) is 0 Å². The van der Waals surface area contributed by atoms with Crippen LogP contribution >= 0.6 is 0 Å². The summed E-state index contributed by atoms with van der Waals surface area (Å²) in [6.07, 6.45) is 4.70. The third kappa shape index (κ3) is 4.25. The second-order valence-corrected chi connectivity index (χ2v) is 7.49. The number of pyridine rings is 1. The SMILES string of the molecule is CNC(=O)NC(=O)[C@H](C)OC(=O)c1c2c(nc3ccccc13)/C(=C\c1ccco1)CCC2.